The molecule has 2 amide bonds. The Hall–Kier alpha value is -3.65. The fourth-order valence-corrected chi connectivity index (χ4v) is 5.36. The van der Waals surface area contributed by atoms with Crippen LogP contribution in [0.25, 0.3) is 0 Å². The molecule has 172 valence electrons. The van der Waals surface area contributed by atoms with E-state index in [0.29, 0.717) is 17.2 Å². The number of anilines is 1. The number of amides is 2. The van der Waals surface area contributed by atoms with Crippen LogP contribution in [0.4, 0.5) is 11.4 Å². The van der Waals surface area contributed by atoms with Crippen molar-refractivity contribution in [2.24, 2.45) is 0 Å². The highest BCUT2D eigenvalue weighted by Gasteiger charge is 2.31. The van der Waals surface area contributed by atoms with E-state index in [1.807, 2.05) is 36.4 Å². The van der Waals surface area contributed by atoms with Crippen molar-refractivity contribution in [2.75, 3.05) is 4.90 Å². The molecule has 1 unspecified atom stereocenters. The summed E-state index contributed by atoms with van der Waals surface area (Å²) in [6.07, 6.45) is 2.31. The molecule has 2 aliphatic rings. The standard InChI is InChI=1S/C26H23N3O4S/c30-25-15-24(17-9-11-18(12-10-17)26(31)27-20-13-14-20)34-23-8-4-3-7-22(23)28(25)16-19-5-1-2-6-21(19)29(32)33/h1-12,20,24H,13-16H2,(H,27,31). The van der Waals surface area contributed by atoms with Gasteiger partial charge in [-0.1, -0.05) is 42.5 Å². The highest BCUT2D eigenvalue weighted by atomic mass is 32.2. The number of nitro benzene ring substituents is 1. The fraction of sp³-hybridized carbons (Fsp3) is 0.231. The van der Waals surface area contributed by atoms with E-state index in [2.05, 4.69) is 5.32 Å². The predicted octanol–water partition coefficient (Wildman–Crippen LogP) is 5.26. The number of nitrogens with one attached hydrogen (secondary N) is 1. The number of hydrogen-bond donors (Lipinski definition) is 1. The molecule has 0 bridgehead atoms. The zero-order valence-electron chi connectivity index (χ0n) is 18.3. The second-order valence-corrected chi connectivity index (χ2v) is 9.76. The number of carbonyl (C=O) groups is 2. The van der Waals surface area contributed by atoms with Gasteiger partial charge >= 0.3 is 0 Å². The van der Waals surface area contributed by atoms with Gasteiger partial charge in [-0.05, 0) is 42.7 Å². The van der Waals surface area contributed by atoms with E-state index in [1.54, 1.807) is 47.0 Å². The quantitative estimate of drug-likeness (QED) is 0.390. The van der Waals surface area contributed by atoms with Gasteiger partial charge in [-0.3, -0.25) is 19.7 Å². The number of rotatable bonds is 6. The molecular weight excluding hydrogens is 450 g/mol. The minimum atomic E-state index is -0.415. The van der Waals surface area contributed by atoms with Crippen LogP contribution in [0.15, 0.2) is 77.7 Å². The van der Waals surface area contributed by atoms with Gasteiger partial charge in [0.2, 0.25) is 5.91 Å². The third-order valence-electron chi connectivity index (χ3n) is 6.06. The molecule has 7 nitrogen and oxygen atoms in total. The van der Waals surface area contributed by atoms with Crippen LogP contribution in [0.1, 0.15) is 46.0 Å². The van der Waals surface area contributed by atoms with Gasteiger partial charge in [0.1, 0.15) is 0 Å². The van der Waals surface area contributed by atoms with Crippen LogP contribution < -0.4 is 10.2 Å². The van der Waals surface area contributed by atoms with Crippen LogP contribution in [0, 0.1) is 10.1 Å². The molecular formula is C26H23N3O4S. The van der Waals surface area contributed by atoms with E-state index >= 15 is 0 Å². The molecule has 0 radical (unpaired) electrons. The molecule has 1 fully saturated rings. The number of nitrogens with zero attached hydrogens (tertiary/aromatic N) is 2. The molecule has 1 N–H and O–H groups in total. The van der Waals surface area contributed by atoms with Crippen molar-refractivity contribution in [3.05, 3.63) is 99.6 Å². The lowest BCUT2D eigenvalue weighted by Gasteiger charge is -2.22. The predicted molar refractivity (Wildman–Crippen MR) is 131 cm³/mol. The van der Waals surface area contributed by atoms with E-state index in [1.165, 1.54) is 6.07 Å². The van der Waals surface area contributed by atoms with Crippen molar-refractivity contribution < 1.29 is 14.5 Å². The van der Waals surface area contributed by atoms with Crippen LogP contribution in [-0.2, 0) is 11.3 Å². The molecule has 34 heavy (non-hydrogen) atoms. The van der Waals surface area contributed by atoms with Crippen molar-refractivity contribution in [3.63, 3.8) is 0 Å². The van der Waals surface area contributed by atoms with Gasteiger partial charge in [-0.2, -0.15) is 0 Å². The Morgan fingerprint density at radius 1 is 1.03 bits per heavy atom. The summed E-state index contributed by atoms with van der Waals surface area (Å²) in [6.45, 7) is 0.126. The molecule has 0 spiro atoms. The number of hydrogen-bond acceptors (Lipinski definition) is 5. The van der Waals surface area contributed by atoms with Gasteiger partial charge in [-0.25, -0.2) is 0 Å². The number of nitro groups is 1. The summed E-state index contributed by atoms with van der Waals surface area (Å²) >= 11 is 1.60. The SMILES string of the molecule is O=C(NC1CC1)c1ccc(C2CC(=O)N(Cc3ccccc3[N+](=O)[O-])c3ccccc3S2)cc1. The Labute approximate surface area is 201 Å². The third kappa shape index (κ3) is 4.68. The topological polar surface area (TPSA) is 92.6 Å². The molecule has 1 heterocycles. The Kier molecular flexibility index (Phi) is 6.06. The Morgan fingerprint density at radius 3 is 2.47 bits per heavy atom. The zero-order valence-corrected chi connectivity index (χ0v) is 19.2. The van der Waals surface area contributed by atoms with E-state index < -0.39 is 4.92 Å². The summed E-state index contributed by atoms with van der Waals surface area (Å²) in [5, 5.41) is 14.4. The van der Waals surface area contributed by atoms with Crippen molar-refractivity contribution in [2.45, 2.75) is 42.0 Å². The van der Waals surface area contributed by atoms with Gasteiger partial charge in [0, 0.05) is 39.8 Å². The number of fused-ring (bicyclic) bond motifs is 1. The summed E-state index contributed by atoms with van der Waals surface area (Å²) in [5.41, 5.74) is 2.81. The first-order valence-corrected chi connectivity index (χ1v) is 12.1. The number of thioether (sulfide) groups is 1. The van der Waals surface area contributed by atoms with E-state index in [0.717, 1.165) is 29.0 Å². The van der Waals surface area contributed by atoms with Crippen molar-refractivity contribution in [3.8, 4) is 0 Å². The van der Waals surface area contributed by atoms with Crippen LogP contribution in [0.5, 0.6) is 0 Å². The normalized spacial score (nSPS) is 17.6. The van der Waals surface area contributed by atoms with Crippen molar-refractivity contribution >= 4 is 35.0 Å². The van der Waals surface area contributed by atoms with Gasteiger partial charge in [0.15, 0.2) is 0 Å². The smallest absolute Gasteiger partial charge is 0.274 e. The van der Waals surface area contributed by atoms with Crippen LogP contribution in [0.2, 0.25) is 0 Å². The maximum absolute atomic E-state index is 13.4. The molecule has 8 heteroatoms. The average molecular weight is 474 g/mol. The van der Waals surface area contributed by atoms with Gasteiger partial charge < -0.3 is 10.2 Å². The molecule has 0 aromatic heterocycles. The van der Waals surface area contributed by atoms with Gasteiger partial charge in [0.25, 0.3) is 11.6 Å². The third-order valence-corrected chi connectivity index (χ3v) is 7.38. The largest absolute Gasteiger partial charge is 0.349 e. The summed E-state index contributed by atoms with van der Waals surface area (Å²) < 4.78 is 0. The van der Waals surface area contributed by atoms with Crippen LogP contribution in [0.3, 0.4) is 0 Å². The number of para-hydroxylation sites is 2. The summed E-state index contributed by atoms with van der Waals surface area (Å²) in [6, 6.07) is 21.9. The lowest BCUT2D eigenvalue weighted by Crippen LogP contribution is -2.30. The molecule has 1 aliphatic carbocycles. The zero-order chi connectivity index (χ0) is 23.7. The molecule has 3 aromatic carbocycles. The Morgan fingerprint density at radius 2 is 1.74 bits per heavy atom. The fourth-order valence-electron chi connectivity index (χ4n) is 4.08. The lowest BCUT2D eigenvalue weighted by atomic mass is 10.1. The Balaban J connectivity index is 1.42. The molecule has 1 saturated carbocycles. The molecule has 3 aromatic rings. The first-order chi connectivity index (χ1) is 16.5. The van der Waals surface area contributed by atoms with Gasteiger partial charge in [0.05, 0.1) is 17.2 Å². The number of carbonyl (C=O) groups excluding carboxylic acids is 2. The second kappa shape index (κ2) is 9.30. The minimum absolute atomic E-state index is 0.00120. The van der Waals surface area contributed by atoms with E-state index in [-0.39, 0.29) is 35.7 Å². The summed E-state index contributed by atoms with van der Waals surface area (Å²) in [5.74, 6) is -0.171. The second-order valence-electron chi connectivity index (χ2n) is 8.51. The van der Waals surface area contributed by atoms with Gasteiger partial charge in [-0.15, -0.1) is 11.8 Å². The monoisotopic (exact) mass is 473 g/mol. The molecule has 0 saturated heterocycles. The summed E-state index contributed by atoms with van der Waals surface area (Å²) in [4.78, 5) is 39.4. The van der Waals surface area contributed by atoms with Crippen molar-refractivity contribution in [1.82, 2.24) is 5.32 Å². The highest BCUT2D eigenvalue weighted by Crippen LogP contribution is 2.46. The number of benzene rings is 3. The molecule has 5 rings (SSSR count). The lowest BCUT2D eigenvalue weighted by molar-refractivity contribution is -0.385. The van der Waals surface area contributed by atoms with E-state index in [4.69, 9.17) is 0 Å². The first kappa shape index (κ1) is 22.2. The maximum Gasteiger partial charge on any atom is 0.274 e. The van der Waals surface area contributed by atoms with Crippen LogP contribution >= 0.6 is 11.8 Å². The maximum atomic E-state index is 13.4. The highest BCUT2D eigenvalue weighted by molar-refractivity contribution is 7.99. The summed E-state index contributed by atoms with van der Waals surface area (Å²) in [7, 11) is 0. The van der Waals surface area contributed by atoms with E-state index in [9.17, 15) is 19.7 Å². The first-order valence-electron chi connectivity index (χ1n) is 11.2. The minimum Gasteiger partial charge on any atom is -0.349 e. The van der Waals surface area contributed by atoms with Crippen LogP contribution in [-0.4, -0.2) is 22.8 Å². The molecule has 1 aliphatic heterocycles. The Bertz CT molecular complexity index is 1260. The molecule has 1 atom stereocenters. The van der Waals surface area contributed by atoms with Crippen molar-refractivity contribution in [1.29, 1.82) is 0 Å². The average Bonchev–Trinajstić information content (AvgIpc) is 3.67.